The minimum atomic E-state index is 0.516. The highest BCUT2D eigenvalue weighted by Gasteiger charge is 2.26. The number of furan rings is 1. The zero-order valence-corrected chi connectivity index (χ0v) is 9.10. The molecule has 16 heavy (non-hydrogen) atoms. The molecule has 1 saturated carbocycles. The fraction of sp³-hybridized carbons (Fsp3) is 0.333. The lowest BCUT2D eigenvalue weighted by Gasteiger charge is -2.03. The van der Waals surface area contributed by atoms with Crippen LogP contribution in [0.25, 0.3) is 11.6 Å². The average molecular weight is 215 g/mol. The third kappa shape index (κ3) is 1.56. The van der Waals surface area contributed by atoms with Crippen molar-refractivity contribution in [2.75, 3.05) is 5.73 Å². The van der Waals surface area contributed by atoms with Gasteiger partial charge in [-0.05, 0) is 31.4 Å². The molecule has 0 bridgehead atoms. The van der Waals surface area contributed by atoms with Gasteiger partial charge in [-0.25, -0.2) is 9.97 Å². The van der Waals surface area contributed by atoms with E-state index in [4.69, 9.17) is 10.2 Å². The van der Waals surface area contributed by atoms with Crippen molar-refractivity contribution >= 4 is 5.82 Å². The van der Waals surface area contributed by atoms with E-state index in [1.165, 1.54) is 12.8 Å². The molecule has 0 unspecified atom stereocenters. The van der Waals surface area contributed by atoms with Crippen LogP contribution in [0.5, 0.6) is 0 Å². The summed E-state index contributed by atoms with van der Waals surface area (Å²) in [6.45, 7) is 1.97. The van der Waals surface area contributed by atoms with E-state index in [1.807, 2.05) is 19.1 Å². The van der Waals surface area contributed by atoms with Crippen LogP contribution < -0.4 is 5.73 Å². The molecule has 1 aliphatic carbocycles. The molecule has 4 heteroatoms. The third-order valence-corrected chi connectivity index (χ3v) is 2.83. The fourth-order valence-electron chi connectivity index (χ4n) is 1.78. The minimum Gasteiger partial charge on any atom is -0.461 e. The lowest BCUT2D eigenvalue weighted by atomic mass is 10.2. The summed E-state index contributed by atoms with van der Waals surface area (Å²) in [7, 11) is 0. The second-order valence-electron chi connectivity index (χ2n) is 4.25. The van der Waals surface area contributed by atoms with Gasteiger partial charge in [0.1, 0.15) is 5.82 Å². The Morgan fingerprint density at radius 3 is 2.81 bits per heavy atom. The van der Waals surface area contributed by atoms with Crippen LogP contribution in [0, 0.1) is 6.92 Å². The molecular weight excluding hydrogens is 202 g/mol. The van der Waals surface area contributed by atoms with Crippen molar-refractivity contribution in [2.45, 2.75) is 25.7 Å². The summed E-state index contributed by atoms with van der Waals surface area (Å²) >= 11 is 0. The van der Waals surface area contributed by atoms with Gasteiger partial charge in [0.2, 0.25) is 0 Å². The first-order valence-electron chi connectivity index (χ1n) is 5.43. The molecule has 0 atom stereocenters. The van der Waals surface area contributed by atoms with Gasteiger partial charge in [-0.15, -0.1) is 0 Å². The first-order valence-corrected chi connectivity index (χ1v) is 5.43. The van der Waals surface area contributed by atoms with Gasteiger partial charge >= 0.3 is 0 Å². The van der Waals surface area contributed by atoms with E-state index in [9.17, 15) is 0 Å². The number of hydrogen-bond donors (Lipinski definition) is 1. The Bertz CT molecular complexity index is 529. The first kappa shape index (κ1) is 9.39. The van der Waals surface area contributed by atoms with Crippen LogP contribution in [0.3, 0.4) is 0 Å². The predicted molar refractivity (Wildman–Crippen MR) is 60.9 cm³/mol. The second-order valence-corrected chi connectivity index (χ2v) is 4.25. The Balaban J connectivity index is 2.10. The van der Waals surface area contributed by atoms with Crippen LogP contribution in [0.1, 0.15) is 30.0 Å². The molecule has 0 radical (unpaired) electrons. The highest BCUT2D eigenvalue weighted by molar-refractivity contribution is 5.54. The number of nitrogens with two attached hydrogens (primary N) is 1. The summed E-state index contributed by atoms with van der Waals surface area (Å²) in [5.41, 5.74) is 7.86. The maximum absolute atomic E-state index is 5.79. The zero-order chi connectivity index (χ0) is 11.1. The molecule has 2 aromatic heterocycles. The lowest BCUT2D eigenvalue weighted by Crippen LogP contribution is -1.99. The number of rotatable bonds is 2. The molecule has 0 saturated heterocycles. The number of aryl methyl sites for hydroxylation is 1. The van der Waals surface area contributed by atoms with Crippen LogP contribution in [-0.4, -0.2) is 9.97 Å². The molecule has 0 amide bonds. The lowest BCUT2D eigenvalue weighted by molar-refractivity contribution is 0.575. The monoisotopic (exact) mass is 215 g/mol. The summed E-state index contributed by atoms with van der Waals surface area (Å²) in [5.74, 6) is 2.40. The summed E-state index contributed by atoms with van der Waals surface area (Å²) in [6, 6.07) is 3.76. The summed E-state index contributed by atoms with van der Waals surface area (Å²) in [6.07, 6.45) is 4.05. The smallest absolute Gasteiger partial charge is 0.198 e. The van der Waals surface area contributed by atoms with Gasteiger partial charge in [0, 0.05) is 17.7 Å². The summed E-state index contributed by atoms with van der Waals surface area (Å²) in [4.78, 5) is 8.73. The summed E-state index contributed by atoms with van der Waals surface area (Å²) < 4.78 is 5.38. The largest absolute Gasteiger partial charge is 0.461 e. The number of aromatic nitrogens is 2. The molecule has 0 aliphatic heterocycles. The van der Waals surface area contributed by atoms with Crippen molar-refractivity contribution in [3.8, 4) is 11.6 Å². The van der Waals surface area contributed by atoms with Crippen LogP contribution in [-0.2, 0) is 0 Å². The molecule has 0 aromatic carbocycles. The minimum absolute atomic E-state index is 0.516. The van der Waals surface area contributed by atoms with Crippen molar-refractivity contribution in [2.24, 2.45) is 0 Å². The topological polar surface area (TPSA) is 64.9 Å². The second kappa shape index (κ2) is 3.33. The van der Waals surface area contributed by atoms with Crippen molar-refractivity contribution in [1.82, 2.24) is 9.97 Å². The molecule has 2 aromatic rings. The molecule has 4 nitrogen and oxygen atoms in total. The van der Waals surface area contributed by atoms with E-state index in [-0.39, 0.29) is 0 Å². The molecule has 2 N–H and O–H groups in total. The number of nitrogens with zero attached hydrogens (tertiary/aromatic N) is 2. The normalized spacial score (nSPS) is 15.3. The van der Waals surface area contributed by atoms with Crippen molar-refractivity contribution < 1.29 is 4.42 Å². The molecule has 3 rings (SSSR count). The Morgan fingerprint density at radius 1 is 1.38 bits per heavy atom. The van der Waals surface area contributed by atoms with Gasteiger partial charge in [0.25, 0.3) is 0 Å². The number of nitrogen functional groups attached to an aromatic ring is 1. The molecule has 1 fully saturated rings. The predicted octanol–water partition coefficient (Wildman–Crippen LogP) is 2.50. The van der Waals surface area contributed by atoms with E-state index in [0.717, 1.165) is 11.3 Å². The van der Waals surface area contributed by atoms with E-state index < -0.39 is 0 Å². The van der Waals surface area contributed by atoms with Crippen molar-refractivity contribution in [3.63, 3.8) is 0 Å². The SMILES string of the molecule is Cc1ccoc1-c1nc(N)cc(C2CC2)n1. The van der Waals surface area contributed by atoms with Crippen LogP contribution >= 0.6 is 0 Å². The Kier molecular flexibility index (Phi) is 1.96. The van der Waals surface area contributed by atoms with Gasteiger partial charge in [-0.3, -0.25) is 0 Å². The molecule has 82 valence electrons. The highest BCUT2D eigenvalue weighted by Crippen LogP contribution is 2.40. The van der Waals surface area contributed by atoms with Crippen LogP contribution in [0.15, 0.2) is 22.8 Å². The molecule has 1 aliphatic rings. The Labute approximate surface area is 93.5 Å². The Hall–Kier alpha value is -1.84. The van der Waals surface area contributed by atoms with Crippen LogP contribution in [0.2, 0.25) is 0 Å². The van der Waals surface area contributed by atoms with Gasteiger partial charge < -0.3 is 10.2 Å². The molecule has 2 heterocycles. The van der Waals surface area contributed by atoms with Crippen molar-refractivity contribution in [3.05, 3.63) is 29.7 Å². The van der Waals surface area contributed by atoms with Crippen LogP contribution in [0.4, 0.5) is 5.82 Å². The van der Waals surface area contributed by atoms with Gasteiger partial charge in [0.15, 0.2) is 11.6 Å². The quantitative estimate of drug-likeness (QED) is 0.835. The van der Waals surface area contributed by atoms with E-state index >= 15 is 0 Å². The Morgan fingerprint density at radius 2 is 2.19 bits per heavy atom. The van der Waals surface area contributed by atoms with E-state index in [1.54, 1.807) is 6.26 Å². The van der Waals surface area contributed by atoms with E-state index in [2.05, 4.69) is 9.97 Å². The average Bonchev–Trinajstić information content (AvgIpc) is 3.01. The molecular formula is C12H13N3O. The fourth-order valence-corrected chi connectivity index (χ4v) is 1.78. The number of hydrogen-bond acceptors (Lipinski definition) is 4. The summed E-state index contributed by atoms with van der Waals surface area (Å²) in [5, 5.41) is 0. The third-order valence-electron chi connectivity index (χ3n) is 2.83. The van der Waals surface area contributed by atoms with E-state index in [0.29, 0.717) is 23.3 Å². The van der Waals surface area contributed by atoms with Gasteiger partial charge in [-0.2, -0.15) is 0 Å². The number of anilines is 1. The standard InChI is InChI=1S/C12H13N3O/c1-7-4-5-16-11(7)12-14-9(8-2-3-8)6-10(13)15-12/h4-6,8H,2-3H2,1H3,(H2,13,14,15). The highest BCUT2D eigenvalue weighted by atomic mass is 16.3. The van der Waals surface area contributed by atoms with Gasteiger partial charge in [0.05, 0.1) is 6.26 Å². The first-order chi connectivity index (χ1) is 7.74. The zero-order valence-electron chi connectivity index (χ0n) is 9.10. The molecule has 0 spiro atoms. The maximum Gasteiger partial charge on any atom is 0.198 e. The van der Waals surface area contributed by atoms with Crippen molar-refractivity contribution in [1.29, 1.82) is 0 Å². The van der Waals surface area contributed by atoms with Gasteiger partial charge in [-0.1, -0.05) is 0 Å². The maximum atomic E-state index is 5.79.